The minimum Gasteiger partial charge on any atom is -0.490 e. The summed E-state index contributed by atoms with van der Waals surface area (Å²) in [4.78, 5) is 56.9. The Morgan fingerprint density at radius 2 is 1.69 bits per heavy atom. The first-order chi connectivity index (χ1) is 31.1. The number of nitrogens with one attached hydrogen (secondary N) is 3. The molecule has 5 aromatic rings. The van der Waals surface area contributed by atoms with Gasteiger partial charge < -0.3 is 19.9 Å². The van der Waals surface area contributed by atoms with Crippen LogP contribution in [-0.4, -0.2) is 84.0 Å². The van der Waals surface area contributed by atoms with Crippen LogP contribution in [0.25, 0.3) is 21.8 Å². The van der Waals surface area contributed by atoms with E-state index in [4.69, 9.17) is 14.7 Å². The summed E-state index contributed by atoms with van der Waals surface area (Å²) in [5.74, 6) is -0.491. The van der Waals surface area contributed by atoms with Crippen LogP contribution >= 0.6 is 11.3 Å². The molecule has 0 spiro atoms. The molecule has 2 aromatic heterocycles. The summed E-state index contributed by atoms with van der Waals surface area (Å²) in [6.45, 7) is 10.6. The van der Waals surface area contributed by atoms with Crippen molar-refractivity contribution in [2.24, 2.45) is 5.92 Å². The number of amides is 3. The Kier molecular flexibility index (Phi) is 13.5. The molecule has 3 amide bonds. The fourth-order valence-electron chi connectivity index (χ4n) is 8.58. The van der Waals surface area contributed by atoms with Gasteiger partial charge in [0.25, 0.3) is 0 Å². The van der Waals surface area contributed by atoms with Gasteiger partial charge in [-0.3, -0.25) is 24.4 Å². The van der Waals surface area contributed by atoms with E-state index in [1.807, 2.05) is 74.2 Å². The molecule has 3 fully saturated rings. The second-order valence-corrected chi connectivity index (χ2v) is 20.8. The van der Waals surface area contributed by atoms with Crippen molar-refractivity contribution in [3.8, 4) is 27.6 Å². The van der Waals surface area contributed by atoms with Gasteiger partial charge in [0.2, 0.25) is 33.7 Å². The number of sulfonamides is 1. The average Bonchev–Trinajstić information content (AvgIpc) is 3.74. The van der Waals surface area contributed by atoms with E-state index in [1.165, 1.54) is 17.4 Å². The largest absolute Gasteiger partial charge is 0.490 e. The molecule has 0 saturated carbocycles. The fourth-order valence-corrected chi connectivity index (χ4v) is 10.8. The van der Waals surface area contributed by atoms with Gasteiger partial charge in [-0.15, -0.1) is 11.3 Å². The first-order valence-corrected chi connectivity index (χ1v) is 24.8. The van der Waals surface area contributed by atoms with Gasteiger partial charge in [-0.25, -0.2) is 27.8 Å². The highest BCUT2D eigenvalue weighted by Crippen LogP contribution is 2.42. The molecular formula is C48H55FN8O6S2. The van der Waals surface area contributed by atoms with Crippen LogP contribution in [0.5, 0.6) is 5.75 Å². The molecule has 17 heteroatoms. The zero-order valence-corrected chi connectivity index (χ0v) is 38.7. The Labute approximate surface area is 383 Å². The number of halogens is 1. The van der Waals surface area contributed by atoms with Crippen LogP contribution in [0.2, 0.25) is 0 Å². The van der Waals surface area contributed by atoms with Crippen LogP contribution in [0, 0.1) is 11.7 Å². The van der Waals surface area contributed by atoms with Crippen molar-refractivity contribution in [3.05, 3.63) is 95.4 Å². The van der Waals surface area contributed by atoms with Gasteiger partial charge in [-0.2, -0.15) is 0 Å². The van der Waals surface area contributed by atoms with E-state index < -0.39 is 15.8 Å². The number of carbonyl (C=O) groups excluding carboxylic acids is 3. The molecule has 5 heterocycles. The van der Waals surface area contributed by atoms with Crippen molar-refractivity contribution in [1.29, 1.82) is 0 Å². The number of thiazole rings is 1. The van der Waals surface area contributed by atoms with Gasteiger partial charge >= 0.3 is 0 Å². The molecule has 0 aliphatic carbocycles. The molecule has 65 heavy (non-hydrogen) atoms. The number of anilines is 4. The molecule has 3 saturated heterocycles. The Bertz CT molecular complexity index is 2670. The molecule has 342 valence electrons. The first kappa shape index (κ1) is 45.6. The fraction of sp³-hybridized carbons (Fsp3) is 0.417. The molecule has 3 aliphatic heterocycles. The predicted molar refractivity (Wildman–Crippen MR) is 251 cm³/mol. The van der Waals surface area contributed by atoms with Crippen LogP contribution < -0.4 is 25.0 Å². The van der Waals surface area contributed by atoms with E-state index in [1.54, 1.807) is 31.3 Å². The quantitative estimate of drug-likeness (QED) is 0.0968. The van der Waals surface area contributed by atoms with E-state index >= 15 is 4.39 Å². The lowest BCUT2D eigenvalue weighted by Crippen LogP contribution is -2.47. The molecule has 8 rings (SSSR count). The van der Waals surface area contributed by atoms with Crippen LogP contribution in [0.4, 0.5) is 27.4 Å². The van der Waals surface area contributed by atoms with Gasteiger partial charge in [0.1, 0.15) is 11.9 Å². The summed E-state index contributed by atoms with van der Waals surface area (Å²) in [5.41, 5.74) is 3.20. The molecule has 0 radical (unpaired) electrons. The van der Waals surface area contributed by atoms with Gasteiger partial charge in [-0.05, 0) is 73.7 Å². The monoisotopic (exact) mass is 922 g/mol. The second kappa shape index (κ2) is 19.3. The van der Waals surface area contributed by atoms with Crippen LogP contribution in [0.1, 0.15) is 89.1 Å². The maximum absolute atomic E-state index is 16.1. The number of aromatic nitrogens is 3. The predicted octanol–water partition coefficient (Wildman–Crippen LogP) is 8.41. The SMILES string of the molecule is CCCS(=O)(=O)Nc1cccc(-c2nc(C(C)(C)C)sc2-c2ccnc(Nc3cccc(OC4CCN(C(=O)C5CCN(c6cccc([C@@H]7CCC(=O)NC7=O)c6)CC5)CC4)c3)n2)c1F. The molecular weight excluding hydrogens is 868 g/mol. The average molecular weight is 923 g/mol. The summed E-state index contributed by atoms with van der Waals surface area (Å²) < 4.78 is 50.1. The maximum atomic E-state index is 16.1. The smallest absolute Gasteiger partial charge is 0.234 e. The van der Waals surface area contributed by atoms with Gasteiger partial charge in [0, 0.05) is 86.0 Å². The summed E-state index contributed by atoms with van der Waals surface area (Å²) >= 11 is 1.40. The number of carbonyl (C=O) groups is 3. The third-order valence-electron chi connectivity index (χ3n) is 12.0. The van der Waals surface area contributed by atoms with Gasteiger partial charge in [-0.1, -0.05) is 52.0 Å². The van der Waals surface area contributed by atoms with Crippen molar-refractivity contribution in [1.82, 2.24) is 25.2 Å². The van der Waals surface area contributed by atoms with Crippen LogP contribution in [0.15, 0.2) is 79.0 Å². The Hall–Kier alpha value is -5.94. The summed E-state index contributed by atoms with van der Waals surface area (Å²) in [6.07, 6.45) is 5.74. The zero-order valence-electron chi connectivity index (χ0n) is 37.1. The molecule has 3 N–H and O–H groups in total. The first-order valence-electron chi connectivity index (χ1n) is 22.3. The third-order valence-corrected chi connectivity index (χ3v) is 15.0. The number of hydrogen-bond acceptors (Lipinski definition) is 12. The molecule has 0 unspecified atom stereocenters. The maximum Gasteiger partial charge on any atom is 0.234 e. The van der Waals surface area contributed by atoms with Crippen molar-refractivity contribution >= 4 is 62.1 Å². The van der Waals surface area contributed by atoms with Crippen molar-refractivity contribution in [3.63, 3.8) is 0 Å². The van der Waals surface area contributed by atoms with Crippen molar-refractivity contribution < 1.29 is 31.9 Å². The number of nitrogens with zero attached hydrogens (tertiary/aromatic N) is 5. The van der Waals surface area contributed by atoms with E-state index in [0.717, 1.165) is 42.2 Å². The summed E-state index contributed by atoms with van der Waals surface area (Å²) in [7, 11) is -3.73. The standard InChI is InChI=1S/C48H55FN8O6S2/c1-5-27-65(61,62)55-38-14-8-13-37(41(38)49)42-43(64-46(54-42)48(2,3)4)39-17-22-50-47(52-39)51-32-10-7-12-35(29-32)63-34-20-25-57(26-21-34)45(60)30-18-23-56(24-19-30)33-11-6-9-31(28-33)36-15-16-40(58)53-44(36)59/h6-14,17,22,28-30,34,36,55H,5,15-16,18-21,23-27H2,1-4H3,(H,50,51,52)(H,53,58,59)/t36-/m0/s1. The van der Waals surface area contributed by atoms with E-state index in [0.29, 0.717) is 78.8 Å². The zero-order chi connectivity index (χ0) is 45.9. The number of likely N-dealkylation sites (tertiary alicyclic amines) is 1. The van der Waals surface area contributed by atoms with Gasteiger partial charge in [0.15, 0.2) is 5.82 Å². The lowest BCUT2D eigenvalue weighted by atomic mass is 9.89. The Morgan fingerprint density at radius 3 is 2.43 bits per heavy atom. The van der Waals surface area contributed by atoms with Crippen molar-refractivity contribution in [2.75, 3.05) is 46.9 Å². The number of piperidine rings is 3. The number of benzene rings is 3. The number of imide groups is 1. The lowest BCUT2D eigenvalue weighted by molar-refractivity contribution is -0.138. The van der Waals surface area contributed by atoms with E-state index in [9.17, 15) is 22.8 Å². The molecule has 3 aliphatic rings. The second-order valence-electron chi connectivity index (χ2n) is 18.0. The topological polar surface area (TPSA) is 176 Å². The minimum atomic E-state index is -3.73. The van der Waals surface area contributed by atoms with E-state index in [2.05, 4.69) is 25.2 Å². The summed E-state index contributed by atoms with van der Waals surface area (Å²) in [6, 6.07) is 21.9. The molecule has 1 atom stereocenters. The highest BCUT2D eigenvalue weighted by Gasteiger charge is 2.33. The number of ether oxygens (including phenoxy) is 1. The highest BCUT2D eigenvalue weighted by atomic mass is 32.2. The molecule has 0 bridgehead atoms. The Morgan fingerprint density at radius 1 is 0.938 bits per heavy atom. The van der Waals surface area contributed by atoms with Crippen LogP contribution in [0.3, 0.4) is 0 Å². The summed E-state index contributed by atoms with van der Waals surface area (Å²) in [5, 5.41) is 6.51. The molecule has 3 aromatic carbocycles. The third kappa shape index (κ3) is 10.8. The Balaban J connectivity index is 0.873. The highest BCUT2D eigenvalue weighted by molar-refractivity contribution is 7.92. The lowest BCUT2D eigenvalue weighted by Gasteiger charge is -2.38. The van der Waals surface area contributed by atoms with Gasteiger partial charge in [0.05, 0.1) is 38.6 Å². The number of rotatable bonds is 13. The van der Waals surface area contributed by atoms with Crippen molar-refractivity contribution in [2.45, 2.75) is 90.1 Å². The molecule has 14 nitrogen and oxygen atoms in total. The number of hydrogen-bond donors (Lipinski definition) is 3. The minimum absolute atomic E-state index is 0.0418. The van der Waals surface area contributed by atoms with E-state index in [-0.39, 0.29) is 58.1 Å². The normalized spacial score (nSPS) is 17.8. The van der Waals surface area contributed by atoms with Crippen LogP contribution in [-0.2, 0) is 29.8 Å².